The molecule has 0 rings (SSSR count). The molecule has 0 aliphatic heterocycles. The van der Waals surface area contributed by atoms with Gasteiger partial charge in [-0.05, 0) is 55.4 Å². The molecule has 0 amide bonds. The molecule has 0 radical (unpaired) electrons. The summed E-state index contributed by atoms with van der Waals surface area (Å²) in [5.74, 6) is -1.52. The molecule has 0 aliphatic carbocycles. The van der Waals surface area contributed by atoms with Crippen LogP contribution in [0.5, 0.6) is 0 Å². The van der Waals surface area contributed by atoms with Crippen LogP contribution in [-0.2, 0) is 29.1 Å². The maximum atomic E-state index is 11.5. The Morgan fingerprint density at radius 1 is 0.810 bits per heavy atom. The summed E-state index contributed by atoms with van der Waals surface area (Å²) in [6.07, 6.45) is 0.392. The highest BCUT2D eigenvalue weighted by molar-refractivity contribution is 5.69. The molecule has 0 atom stereocenters. The van der Waals surface area contributed by atoms with Crippen molar-refractivity contribution >= 4 is 5.97 Å². The van der Waals surface area contributed by atoms with Gasteiger partial charge < -0.3 is 4.74 Å². The summed E-state index contributed by atoms with van der Waals surface area (Å²) < 4.78 is 4.90. The quantitative estimate of drug-likeness (QED) is 0.296. The predicted molar refractivity (Wildman–Crippen MR) is 78.1 cm³/mol. The number of rotatable bonds is 8. The third-order valence-electron chi connectivity index (χ3n) is 2.02. The van der Waals surface area contributed by atoms with Crippen molar-refractivity contribution in [2.24, 2.45) is 0 Å². The van der Waals surface area contributed by atoms with Gasteiger partial charge in [-0.2, -0.15) is 9.78 Å². The highest BCUT2D eigenvalue weighted by atomic mass is 17.3. The van der Waals surface area contributed by atoms with Gasteiger partial charge in [0.15, 0.2) is 0 Å². The minimum Gasteiger partial charge on any atom is -0.466 e. The summed E-state index contributed by atoms with van der Waals surface area (Å²) in [5.41, 5.74) is -1.01. The van der Waals surface area contributed by atoms with Gasteiger partial charge in [-0.15, -0.1) is 0 Å². The first kappa shape index (κ1) is 20.3. The number of carbonyl (C=O) groups is 1. The largest absolute Gasteiger partial charge is 0.466 e. The van der Waals surface area contributed by atoms with E-state index in [0.717, 1.165) is 0 Å². The second kappa shape index (κ2) is 8.08. The molecular weight excluding hydrogens is 276 g/mol. The Morgan fingerprint density at radius 2 is 1.24 bits per heavy atom. The lowest BCUT2D eigenvalue weighted by Gasteiger charge is -2.32. The van der Waals surface area contributed by atoms with Crippen molar-refractivity contribution in [3.05, 3.63) is 0 Å². The Labute approximate surface area is 127 Å². The smallest absolute Gasteiger partial charge is 0.305 e. The molecule has 0 saturated carbocycles. The van der Waals surface area contributed by atoms with Crippen LogP contribution in [0.15, 0.2) is 0 Å². The Bertz CT molecular complexity index is 295. The van der Waals surface area contributed by atoms with Gasteiger partial charge in [0.1, 0.15) is 0 Å². The zero-order valence-electron chi connectivity index (χ0n) is 14.6. The minimum atomic E-state index is -1.20. The Balaban J connectivity index is 4.62. The molecule has 0 aromatic carbocycles. The molecule has 0 aromatic rings. The average molecular weight is 306 g/mol. The van der Waals surface area contributed by atoms with E-state index >= 15 is 0 Å². The summed E-state index contributed by atoms with van der Waals surface area (Å²) in [4.78, 5) is 32.8. The SMILES string of the molecule is CCOC(=O)CCC(C)(OOC(C)(C)C)OOC(C)(C)C. The van der Waals surface area contributed by atoms with Gasteiger partial charge >= 0.3 is 5.97 Å². The van der Waals surface area contributed by atoms with Gasteiger partial charge in [-0.3, -0.25) is 4.79 Å². The molecule has 0 bridgehead atoms. The van der Waals surface area contributed by atoms with E-state index in [0.29, 0.717) is 6.61 Å². The molecule has 0 aromatic heterocycles. The summed E-state index contributed by atoms with van der Waals surface area (Å²) in [5, 5.41) is 0. The molecular formula is C15H30O6. The molecule has 126 valence electrons. The van der Waals surface area contributed by atoms with Crippen molar-refractivity contribution in [1.29, 1.82) is 0 Å². The molecule has 6 heteroatoms. The molecule has 6 nitrogen and oxygen atoms in total. The molecule has 0 unspecified atom stereocenters. The first-order valence-corrected chi connectivity index (χ1v) is 7.26. The van der Waals surface area contributed by atoms with E-state index < -0.39 is 17.0 Å². The average Bonchev–Trinajstić information content (AvgIpc) is 2.31. The van der Waals surface area contributed by atoms with E-state index in [9.17, 15) is 4.79 Å². The van der Waals surface area contributed by atoms with E-state index in [1.807, 2.05) is 41.5 Å². The zero-order valence-corrected chi connectivity index (χ0v) is 14.6. The Kier molecular flexibility index (Phi) is 7.81. The fourth-order valence-electron chi connectivity index (χ4n) is 1.09. The van der Waals surface area contributed by atoms with Crippen LogP contribution in [0.25, 0.3) is 0 Å². The van der Waals surface area contributed by atoms with Gasteiger partial charge in [0.05, 0.1) is 24.2 Å². The third-order valence-corrected chi connectivity index (χ3v) is 2.02. The van der Waals surface area contributed by atoms with Gasteiger partial charge in [-0.25, -0.2) is 9.78 Å². The molecule has 0 saturated heterocycles. The molecule has 21 heavy (non-hydrogen) atoms. The van der Waals surface area contributed by atoms with Crippen LogP contribution in [0.2, 0.25) is 0 Å². The zero-order chi connectivity index (χ0) is 16.7. The summed E-state index contributed by atoms with van der Waals surface area (Å²) in [7, 11) is 0. The fourth-order valence-corrected chi connectivity index (χ4v) is 1.09. The van der Waals surface area contributed by atoms with E-state index in [4.69, 9.17) is 24.3 Å². The van der Waals surface area contributed by atoms with Crippen LogP contribution in [0, 0.1) is 0 Å². The predicted octanol–water partition coefficient (Wildman–Crippen LogP) is 3.54. The highest BCUT2D eigenvalue weighted by Gasteiger charge is 2.34. The van der Waals surface area contributed by atoms with Crippen molar-refractivity contribution in [3.8, 4) is 0 Å². The standard InChI is InChI=1S/C15H30O6/c1-9-17-12(16)10-11-15(8,20-18-13(2,3)4)21-19-14(5,6)7/h9-11H2,1-8H3. The monoisotopic (exact) mass is 306 g/mol. The maximum Gasteiger partial charge on any atom is 0.305 e. The minimum absolute atomic E-state index is 0.144. The summed E-state index contributed by atoms with van der Waals surface area (Å²) in [6.45, 7) is 14.9. The first-order chi connectivity index (χ1) is 9.37. The molecule has 0 aliphatic rings. The van der Waals surface area contributed by atoms with Crippen molar-refractivity contribution in [3.63, 3.8) is 0 Å². The lowest BCUT2D eigenvalue weighted by Crippen LogP contribution is -2.39. The number of hydrogen-bond acceptors (Lipinski definition) is 6. The van der Waals surface area contributed by atoms with Crippen LogP contribution in [0.1, 0.15) is 68.2 Å². The fraction of sp³-hybridized carbons (Fsp3) is 0.933. The van der Waals surface area contributed by atoms with Crippen LogP contribution in [0.4, 0.5) is 0 Å². The first-order valence-electron chi connectivity index (χ1n) is 7.26. The highest BCUT2D eigenvalue weighted by Crippen LogP contribution is 2.26. The van der Waals surface area contributed by atoms with E-state index in [1.165, 1.54) is 0 Å². The topological polar surface area (TPSA) is 63.2 Å². The lowest BCUT2D eigenvalue weighted by molar-refractivity contribution is -0.537. The van der Waals surface area contributed by atoms with Crippen LogP contribution in [0.3, 0.4) is 0 Å². The second-order valence-electron chi connectivity index (χ2n) is 7.00. The molecule has 0 heterocycles. The van der Waals surface area contributed by atoms with E-state index in [1.54, 1.807) is 13.8 Å². The third kappa shape index (κ3) is 11.6. The van der Waals surface area contributed by atoms with E-state index in [2.05, 4.69) is 0 Å². The van der Waals surface area contributed by atoms with Crippen LogP contribution in [-0.4, -0.2) is 29.6 Å². The Hall–Kier alpha value is -0.690. The van der Waals surface area contributed by atoms with Gasteiger partial charge in [0.25, 0.3) is 0 Å². The van der Waals surface area contributed by atoms with Crippen LogP contribution < -0.4 is 0 Å². The molecule has 0 N–H and O–H groups in total. The maximum absolute atomic E-state index is 11.5. The summed E-state index contributed by atoms with van der Waals surface area (Å²) in [6, 6.07) is 0. The van der Waals surface area contributed by atoms with Crippen LogP contribution >= 0.6 is 0 Å². The molecule has 0 fully saturated rings. The van der Waals surface area contributed by atoms with E-state index in [-0.39, 0.29) is 18.8 Å². The van der Waals surface area contributed by atoms with Crippen molar-refractivity contribution in [2.45, 2.75) is 85.2 Å². The van der Waals surface area contributed by atoms with Gasteiger partial charge in [0, 0.05) is 6.42 Å². The normalized spacial score (nSPS) is 13.3. The van der Waals surface area contributed by atoms with Crippen molar-refractivity contribution in [1.82, 2.24) is 0 Å². The lowest BCUT2D eigenvalue weighted by atomic mass is 10.1. The van der Waals surface area contributed by atoms with Gasteiger partial charge in [-0.1, -0.05) is 0 Å². The van der Waals surface area contributed by atoms with Crippen molar-refractivity contribution in [2.75, 3.05) is 6.61 Å². The molecule has 0 spiro atoms. The number of hydrogen-bond donors (Lipinski definition) is 0. The number of ether oxygens (including phenoxy) is 1. The summed E-state index contributed by atoms with van der Waals surface area (Å²) >= 11 is 0. The van der Waals surface area contributed by atoms with Crippen molar-refractivity contribution < 1.29 is 29.1 Å². The van der Waals surface area contributed by atoms with Gasteiger partial charge in [0.2, 0.25) is 5.79 Å². The number of esters is 1. The second-order valence-corrected chi connectivity index (χ2v) is 7.00. The number of carbonyl (C=O) groups excluding carboxylic acids is 1. The Morgan fingerprint density at radius 3 is 1.57 bits per heavy atom.